The van der Waals surface area contributed by atoms with Gasteiger partial charge in [0.2, 0.25) is 0 Å². The van der Waals surface area contributed by atoms with Crippen LogP contribution in [0.1, 0.15) is 28.9 Å². The second-order valence-corrected chi connectivity index (χ2v) is 4.72. The first-order valence-corrected chi connectivity index (χ1v) is 6.28. The van der Waals surface area contributed by atoms with Crippen LogP contribution in [-0.2, 0) is 4.79 Å². The zero-order valence-corrected chi connectivity index (χ0v) is 10.9. The van der Waals surface area contributed by atoms with Crippen LogP contribution in [0.2, 0.25) is 0 Å². The maximum Gasteiger partial charge on any atom is 0.326 e. The number of carboxylic acid groups (broad SMARTS) is 1. The Morgan fingerprint density at radius 1 is 1.40 bits per heavy atom. The number of aryl methyl sites for hydroxylation is 1. The highest BCUT2D eigenvalue weighted by atomic mass is 16.4. The van der Waals surface area contributed by atoms with Gasteiger partial charge >= 0.3 is 5.97 Å². The first-order chi connectivity index (χ1) is 9.59. The molecule has 1 atom stereocenters. The van der Waals surface area contributed by atoms with Gasteiger partial charge in [-0.05, 0) is 19.8 Å². The summed E-state index contributed by atoms with van der Waals surface area (Å²) in [7, 11) is 0. The first kappa shape index (κ1) is 12.5. The Morgan fingerprint density at radius 2 is 2.20 bits per heavy atom. The molecule has 3 rings (SSSR count). The van der Waals surface area contributed by atoms with E-state index in [-0.39, 0.29) is 5.91 Å². The SMILES string of the molecule is Cc1c(C(=O)N2CCCC2C(=O)O)cnc2ncnn12. The largest absolute Gasteiger partial charge is 0.480 e. The van der Waals surface area contributed by atoms with Gasteiger partial charge in [0, 0.05) is 12.7 Å². The number of likely N-dealkylation sites (tertiary alicyclic amines) is 1. The summed E-state index contributed by atoms with van der Waals surface area (Å²) in [5.74, 6) is -0.879. The van der Waals surface area contributed by atoms with Crippen molar-refractivity contribution in [2.24, 2.45) is 0 Å². The lowest BCUT2D eigenvalue weighted by molar-refractivity contribution is -0.141. The number of rotatable bonds is 2. The number of aromatic nitrogens is 4. The molecule has 104 valence electrons. The van der Waals surface area contributed by atoms with Crippen molar-refractivity contribution in [3.8, 4) is 0 Å². The smallest absolute Gasteiger partial charge is 0.326 e. The van der Waals surface area contributed by atoms with Gasteiger partial charge in [0.1, 0.15) is 12.4 Å². The fraction of sp³-hybridized carbons (Fsp3) is 0.417. The third-order valence-electron chi connectivity index (χ3n) is 3.58. The molecule has 3 heterocycles. The second-order valence-electron chi connectivity index (χ2n) is 4.72. The van der Waals surface area contributed by atoms with E-state index in [4.69, 9.17) is 5.11 Å². The molecule has 1 saturated heterocycles. The van der Waals surface area contributed by atoms with E-state index in [0.29, 0.717) is 36.4 Å². The molecule has 1 unspecified atom stereocenters. The van der Waals surface area contributed by atoms with Crippen LogP contribution in [0.15, 0.2) is 12.5 Å². The van der Waals surface area contributed by atoms with Crippen molar-refractivity contribution in [3.63, 3.8) is 0 Å². The van der Waals surface area contributed by atoms with Gasteiger partial charge in [0.05, 0.1) is 11.3 Å². The predicted molar refractivity (Wildman–Crippen MR) is 67.2 cm³/mol. The van der Waals surface area contributed by atoms with Crippen molar-refractivity contribution in [2.45, 2.75) is 25.8 Å². The van der Waals surface area contributed by atoms with Crippen LogP contribution < -0.4 is 0 Å². The Bertz CT molecular complexity index is 695. The maximum atomic E-state index is 12.5. The van der Waals surface area contributed by atoms with E-state index in [9.17, 15) is 9.59 Å². The molecule has 0 aromatic carbocycles. The second kappa shape index (κ2) is 4.55. The molecule has 0 spiro atoms. The summed E-state index contributed by atoms with van der Waals surface area (Å²) < 4.78 is 1.47. The van der Waals surface area contributed by atoms with Crippen LogP contribution >= 0.6 is 0 Å². The molecule has 1 amide bonds. The highest BCUT2D eigenvalue weighted by Crippen LogP contribution is 2.21. The van der Waals surface area contributed by atoms with Gasteiger partial charge in [-0.1, -0.05) is 0 Å². The van der Waals surface area contributed by atoms with E-state index >= 15 is 0 Å². The van der Waals surface area contributed by atoms with Crippen molar-refractivity contribution in [1.29, 1.82) is 0 Å². The Kier molecular flexibility index (Phi) is 2.85. The molecule has 2 aromatic rings. The molecular formula is C12H13N5O3. The zero-order valence-electron chi connectivity index (χ0n) is 10.9. The number of hydrogen-bond acceptors (Lipinski definition) is 5. The summed E-state index contributed by atoms with van der Waals surface area (Å²) in [4.78, 5) is 33.1. The van der Waals surface area contributed by atoms with E-state index < -0.39 is 12.0 Å². The number of carbonyl (C=O) groups is 2. The van der Waals surface area contributed by atoms with Crippen LogP contribution in [0.5, 0.6) is 0 Å². The Balaban J connectivity index is 2.00. The van der Waals surface area contributed by atoms with Gasteiger partial charge in [0.25, 0.3) is 11.7 Å². The van der Waals surface area contributed by atoms with Gasteiger partial charge in [-0.2, -0.15) is 10.1 Å². The summed E-state index contributed by atoms with van der Waals surface area (Å²) in [6, 6.07) is -0.756. The molecule has 20 heavy (non-hydrogen) atoms. The summed E-state index contributed by atoms with van der Waals surface area (Å²) in [6.45, 7) is 2.19. The molecule has 0 bridgehead atoms. The van der Waals surface area contributed by atoms with Crippen molar-refractivity contribution >= 4 is 17.7 Å². The number of carboxylic acids is 1. The molecule has 1 N–H and O–H groups in total. The van der Waals surface area contributed by atoms with E-state index in [2.05, 4.69) is 15.1 Å². The van der Waals surface area contributed by atoms with Gasteiger partial charge in [-0.15, -0.1) is 0 Å². The standard InChI is InChI=1S/C12H13N5O3/c1-7-8(5-13-12-14-6-15-17(7)12)10(18)16-4-2-3-9(16)11(19)20/h5-6,9H,2-4H2,1H3,(H,19,20). The zero-order chi connectivity index (χ0) is 14.3. The number of carbonyl (C=O) groups excluding carboxylic acids is 1. The lowest BCUT2D eigenvalue weighted by Crippen LogP contribution is -2.40. The topological polar surface area (TPSA) is 101 Å². The number of aliphatic carboxylic acids is 1. The van der Waals surface area contributed by atoms with E-state index in [1.54, 1.807) is 6.92 Å². The number of nitrogens with zero attached hydrogens (tertiary/aromatic N) is 5. The van der Waals surface area contributed by atoms with Crippen molar-refractivity contribution in [1.82, 2.24) is 24.5 Å². The summed E-state index contributed by atoms with van der Waals surface area (Å²) in [5.41, 5.74) is 0.963. The van der Waals surface area contributed by atoms with E-state index in [1.807, 2.05) is 0 Å². The van der Waals surface area contributed by atoms with Crippen LogP contribution in [0.3, 0.4) is 0 Å². The minimum absolute atomic E-state index is 0.322. The average Bonchev–Trinajstić information content (AvgIpc) is 3.07. The lowest BCUT2D eigenvalue weighted by atomic mass is 10.2. The number of fused-ring (bicyclic) bond motifs is 1. The Hall–Kier alpha value is -2.51. The molecule has 8 nitrogen and oxygen atoms in total. The Labute approximate surface area is 114 Å². The summed E-state index contributed by atoms with van der Waals surface area (Å²) >= 11 is 0. The van der Waals surface area contributed by atoms with Gasteiger partial charge in [0.15, 0.2) is 0 Å². The first-order valence-electron chi connectivity index (χ1n) is 6.28. The predicted octanol–water partition coefficient (Wildman–Crippen LogP) is 0.122. The fourth-order valence-electron chi connectivity index (χ4n) is 2.52. The molecular weight excluding hydrogens is 262 g/mol. The molecule has 0 aliphatic carbocycles. The summed E-state index contributed by atoms with van der Waals surface area (Å²) in [5, 5.41) is 13.1. The van der Waals surface area contributed by atoms with Crippen LogP contribution in [0, 0.1) is 6.92 Å². The monoisotopic (exact) mass is 275 g/mol. The van der Waals surface area contributed by atoms with E-state index in [0.717, 1.165) is 0 Å². The van der Waals surface area contributed by atoms with Gasteiger partial charge in [-0.25, -0.2) is 14.3 Å². The number of hydrogen-bond donors (Lipinski definition) is 1. The third-order valence-corrected chi connectivity index (χ3v) is 3.58. The fourth-order valence-corrected chi connectivity index (χ4v) is 2.52. The molecule has 0 saturated carbocycles. The van der Waals surface area contributed by atoms with Crippen LogP contribution in [-0.4, -0.2) is 54.1 Å². The van der Waals surface area contributed by atoms with Crippen LogP contribution in [0.25, 0.3) is 5.78 Å². The third kappa shape index (κ3) is 1.80. The van der Waals surface area contributed by atoms with Crippen molar-refractivity contribution in [3.05, 3.63) is 23.8 Å². The highest BCUT2D eigenvalue weighted by Gasteiger charge is 2.35. The quantitative estimate of drug-likeness (QED) is 0.835. The average molecular weight is 275 g/mol. The summed E-state index contributed by atoms with van der Waals surface area (Å²) in [6.07, 6.45) is 3.97. The van der Waals surface area contributed by atoms with Crippen molar-refractivity contribution < 1.29 is 14.7 Å². The molecule has 0 radical (unpaired) electrons. The lowest BCUT2D eigenvalue weighted by Gasteiger charge is -2.22. The normalized spacial score (nSPS) is 18.6. The van der Waals surface area contributed by atoms with Crippen molar-refractivity contribution in [2.75, 3.05) is 6.54 Å². The minimum atomic E-state index is -0.969. The minimum Gasteiger partial charge on any atom is -0.480 e. The highest BCUT2D eigenvalue weighted by molar-refractivity contribution is 5.97. The molecule has 1 aliphatic rings. The van der Waals surface area contributed by atoms with E-state index in [1.165, 1.54) is 21.9 Å². The van der Waals surface area contributed by atoms with Gasteiger partial charge in [-0.3, -0.25) is 4.79 Å². The number of amides is 1. The molecule has 1 aliphatic heterocycles. The van der Waals surface area contributed by atoms with Gasteiger partial charge < -0.3 is 10.0 Å². The Morgan fingerprint density at radius 3 is 2.95 bits per heavy atom. The molecule has 2 aromatic heterocycles. The molecule has 1 fully saturated rings. The maximum absolute atomic E-state index is 12.5. The molecule has 8 heteroatoms. The van der Waals surface area contributed by atoms with Crippen LogP contribution in [0.4, 0.5) is 0 Å².